The lowest BCUT2D eigenvalue weighted by Crippen LogP contribution is -1.95. The number of hydrogen-bond donors (Lipinski definition) is 2. The Balaban J connectivity index is 2.61. The van der Waals surface area contributed by atoms with E-state index < -0.39 is 5.97 Å². The molecule has 2 aromatic carbocycles. The number of fused-ring (bicyclic) bond motifs is 1. The smallest absolute Gasteiger partial charge is 0.335 e. The van der Waals surface area contributed by atoms with E-state index in [0.717, 1.165) is 10.8 Å². The zero-order valence-electron chi connectivity index (χ0n) is 8.47. The summed E-state index contributed by atoms with van der Waals surface area (Å²) in [6.45, 7) is 3.44. The Morgan fingerprint density at radius 3 is 1.94 bits per heavy atom. The van der Waals surface area contributed by atoms with Crippen molar-refractivity contribution in [3.05, 3.63) is 54.1 Å². The van der Waals surface area contributed by atoms with Crippen LogP contribution in [0.3, 0.4) is 0 Å². The van der Waals surface area contributed by atoms with Gasteiger partial charge in [0, 0.05) is 5.56 Å². The molecule has 0 unspecified atom stereocenters. The van der Waals surface area contributed by atoms with Crippen molar-refractivity contribution in [2.45, 2.75) is 0 Å². The highest BCUT2D eigenvalue weighted by atomic mass is 16.4. The minimum absolute atomic E-state index is 0.00390. The molecule has 0 saturated heterocycles. The van der Waals surface area contributed by atoms with Crippen LogP contribution in [-0.4, -0.2) is 16.2 Å². The molecular weight excluding hydrogens is 204 g/mol. The van der Waals surface area contributed by atoms with E-state index in [9.17, 15) is 9.90 Å². The molecule has 2 rings (SSSR count). The summed E-state index contributed by atoms with van der Waals surface area (Å²) in [5.74, 6) is -0.943. The molecule has 0 bridgehead atoms. The van der Waals surface area contributed by atoms with Crippen molar-refractivity contribution in [3.63, 3.8) is 0 Å². The van der Waals surface area contributed by atoms with E-state index in [-0.39, 0.29) is 11.3 Å². The van der Waals surface area contributed by atoms with E-state index in [2.05, 4.69) is 6.58 Å². The number of rotatable bonds is 2. The van der Waals surface area contributed by atoms with Gasteiger partial charge in [-0.2, -0.15) is 0 Å². The summed E-state index contributed by atoms with van der Waals surface area (Å²) in [5.41, 5.74) is 0.888. The topological polar surface area (TPSA) is 57.5 Å². The summed E-state index contributed by atoms with van der Waals surface area (Å²) in [4.78, 5) is 10.8. The van der Waals surface area contributed by atoms with Crippen molar-refractivity contribution in [1.29, 1.82) is 0 Å². The van der Waals surface area contributed by atoms with Gasteiger partial charge in [-0.05, 0) is 29.0 Å². The maximum absolute atomic E-state index is 10.8. The number of hydrogen-bond acceptors (Lipinski definition) is 2. The fraction of sp³-hybridized carbons (Fsp3) is 0. The van der Waals surface area contributed by atoms with Crippen LogP contribution in [0.5, 0.6) is 0 Å². The minimum Gasteiger partial charge on any atom is -0.508 e. The highest BCUT2D eigenvalue weighted by molar-refractivity contribution is 5.95. The third kappa shape index (κ3) is 1.75. The lowest BCUT2D eigenvalue weighted by atomic mass is 10.0. The standard InChI is InChI=1S/C13H10O3/c1-8(14)9-2-3-11-7-12(13(15)16)5-4-10(11)6-9/h2-7,14H,1H2,(H,15,16). The highest BCUT2D eigenvalue weighted by Gasteiger charge is 2.04. The van der Waals surface area contributed by atoms with Crippen LogP contribution < -0.4 is 0 Å². The molecule has 0 aromatic heterocycles. The first kappa shape index (κ1) is 10.2. The predicted molar refractivity (Wildman–Crippen MR) is 62.6 cm³/mol. The first-order chi connectivity index (χ1) is 7.58. The maximum Gasteiger partial charge on any atom is 0.335 e. The van der Waals surface area contributed by atoms with Gasteiger partial charge in [0.05, 0.1) is 5.56 Å². The molecule has 3 heteroatoms. The van der Waals surface area contributed by atoms with E-state index in [1.165, 1.54) is 6.07 Å². The predicted octanol–water partition coefficient (Wildman–Crippen LogP) is 3.07. The number of benzene rings is 2. The highest BCUT2D eigenvalue weighted by Crippen LogP contribution is 2.20. The number of carboxylic acids is 1. The maximum atomic E-state index is 10.8. The van der Waals surface area contributed by atoms with Gasteiger partial charge in [0.1, 0.15) is 5.76 Å². The molecule has 0 aliphatic heterocycles. The summed E-state index contributed by atoms with van der Waals surface area (Å²) in [6.07, 6.45) is 0. The van der Waals surface area contributed by atoms with Gasteiger partial charge in [0.2, 0.25) is 0 Å². The lowest BCUT2D eigenvalue weighted by Gasteiger charge is -2.03. The molecule has 2 aromatic rings. The van der Waals surface area contributed by atoms with Crippen molar-refractivity contribution < 1.29 is 15.0 Å². The minimum atomic E-state index is -0.947. The van der Waals surface area contributed by atoms with Crippen molar-refractivity contribution in [2.24, 2.45) is 0 Å². The zero-order chi connectivity index (χ0) is 11.7. The van der Waals surface area contributed by atoms with Crippen LogP contribution >= 0.6 is 0 Å². The first-order valence-electron chi connectivity index (χ1n) is 4.73. The number of aliphatic hydroxyl groups excluding tert-OH is 1. The van der Waals surface area contributed by atoms with Crippen molar-refractivity contribution in [2.75, 3.05) is 0 Å². The third-order valence-electron chi connectivity index (χ3n) is 2.42. The molecule has 0 heterocycles. The lowest BCUT2D eigenvalue weighted by molar-refractivity contribution is 0.0697. The van der Waals surface area contributed by atoms with E-state index in [1.807, 2.05) is 0 Å². The van der Waals surface area contributed by atoms with Crippen LogP contribution in [0.1, 0.15) is 15.9 Å². The van der Waals surface area contributed by atoms with Crippen molar-refractivity contribution in [3.8, 4) is 0 Å². The zero-order valence-corrected chi connectivity index (χ0v) is 8.47. The van der Waals surface area contributed by atoms with Crippen LogP contribution in [0.2, 0.25) is 0 Å². The normalized spacial score (nSPS) is 10.2. The average Bonchev–Trinajstić information content (AvgIpc) is 2.27. The molecule has 0 aliphatic carbocycles. The van der Waals surface area contributed by atoms with Crippen LogP contribution in [-0.2, 0) is 0 Å². The van der Waals surface area contributed by atoms with E-state index in [0.29, 0.717) is 5.56 Å². The van der Waals surface area contributed by atoms with Gasteiger partial charge in [-0.15, -0.1) is 0 Å². The Morgan fingerprint density at radius 2 is 1.44 bits per heavy atom. The first-order valence-corrected chi connectivity index (χ1v) is 4.73. The summed E-state index contributed by atoms with van der Waals surface area (Å²) in [7, 11) is 0. The molecule has 0 radical (unpaired) electrons. The largest absolute Gasteiger partial charge is 0.508 e. The number of carboxylic acid groups (broad SMARTS) is 1. The van der Waals surface area contributed by atoms with Crippen LogP contribution in [0, 0.1) is 0 Å². The fourth-order valence-corrected chi connectivity index (χ4v) is 1.56. The molecule has 80 valence electrons. The summed E-state index contributed by atoms with van der Waals surface area (Å²) < 4.78 is 0. The Bertz CT molecular complexity index is 531. The van der Waals surface area contributed by atoms with Gasteiger partial charge < -0.3 is 10.2 Å². The molecule has 0 aliphatic rings. The molecule has 3 nitrogen and oxygen atoms in total. The van der Waals surface area contributed by atoms with E-state index in [4.69, 9.17) is 5.11 Å². The second kappa shape index (κ2) is 3.70. The number of aliphatic hydroxyl groups is 1. The Morgan fingerprint density at radius 1 is 0.938 bits per heavy atom. The second-order valence-electron chi connectivity index (χ2n) is 3.53. The van der Waals surface area contributed by atoms with Gasteiger partial charge >= 0.3 is 5.97 Å². The van der Waals surface area contributed by atoms with Gasteiger partial charge in [0.25, 0.3) is 0 Å². The Kier molecular flexibility index (Phi) is 2.37. The number of carbonyl (C=O) groups is 1. The Hall–Kier alpha value is -2.29. The van der Waals surface area contributed by atoms with Gasteiger partial charge in [-0.3, -0.25) is 0 Å². The number of aromatic carboxylic acids is 1. The van der Waals surface area contributed by atoms with Crippen LogP contribution in [0.4, 0.5) is 0 Å². The summed E-state index contributed by atoms with van der Waals surface area (Å²) in [5, 5.41) is 19.8. The molecule has 0 saturated carbocycles. The molecular formula is C13H10O3. The van der Waals surface area contributed by atoms with Crippen LogP contribution in [0.25, 0.3) is 16.5 Å². The van der Waals surface area contributed by atoms with Crippen molar-refractivity contribution in [1.82, 2.24) is 0 Å². The average molecular weight is 214 g/mol. The van der Waals surface area contributed by atoms with Gasteiger partial charge in [0.15, 0.2) is 0 Å². The molecule has 2 N–H and O–H groups in total. The van der Waals surface area contributed by atoms with Crippen molar-refractivity contribution >= 4 is 22.5 Å². The quantitative estimate of drug-likeness (QED) is 0.755. The molecule has 0 amide bonds. The van der Waals surface area contributed by atoms with Crippen LogP contribution in [0.15, 0.2) is 43.0 Å². The second-order valence-corrected chi connectivity index (χ2v) is 3.53. The monoisotopic (exact) mass is 214 g/mol. The third-order valence-corrected chi connectivity index (χ3v) is 2.42. The Labute approximate surface area is 92.3 Å². The SMILES string of the molecule is C=C(O)c1ccc2cc(C(=O)O)ccc2c1. The summed E-state index contributed by atoms with van der Waals surface area (Å²) >= 11 is 0. The van der Waals surface area contributed by atoms with E-state index in [1.54, 1.807) is 30.3 Å². The summed E-state index contributed by atoms with van der Waals surface area (Å²) in [6, 6.07) is 10.1. The molecule has 0 fully saturated rings. The molecule has 0 atom stereocenters. The molecule has 16 heavy (non-hydrogen) atoms. The van der Waals surface area contributed by atoms with E-state index >= 15 is 0 Å². The van der Waals surface area contributed by atoms with Gasteiger partial charge in [-0.1, -0.05) is 24.8 Å². The fourth-order valence-electron chi connectivity index (χ4n) is 1.56. The molecule has 0 spiro atoms. The van der Waals surface area contributed by atoms with Gasteiger partial charge in [-0.25, -0.2) is 4.79 Å².